The van der Waals surface area contributed by atoms with E-state index in [4.69, 9.17) is 10.5 Å². The number of hydrogen-bond donors (Lipinski definition) is 2. The summed E-state index contributed by atoms with van der Waals surface area (Å²) in [5.41, 5.74) is 7.23. The molecule has 3 N–H and O–H groups in total. The molecule has 0 saturated carbocycles. The second kappa shape index (κ2) is 4.24. The van der Waals surface area contributed by atoms with Crippen molar-refractivity contribution in [1.82, 2.24) is 9.78 Å². The van der Waals surface area contributed by atoms with Crippen LogP contribution in [0, 0.1) is 0 Å². The molecule has 0 aliphatic carbocycles. The lowest BCUT2D eigenvalue weighted by Crippen LogP contribution is -2.02. The molecule has 84 valence electrons. The van der Waals surface area contributed by atoms with Crippen LogP contribution in [-0.4, -0.2) is 22.0 Å². The van der Waals surface area contributed by atoms with E-state index in [0.717, 1.165) is 11.3 Å². The molecule has 0 fully saturated rings. The number of aromatic hydroxyl groups is 1. The Kier molecular flexibility index (Phi) is 2.78. The number of rotatable bonds is 3. The summed E-state index contributed by atoms with van der Waals surface area (Å²) < 4.78 is 6.89. The smallest absolute Gasteiger partial charge is 0.220 e. The third-order valence-corrected chi connectivity index (χ3v) is 2.30. The lowest BCUT2D eigenvalue weighted by molar-refractivity contribution is 0.379. The fraction of sp³-hybridized carbons (Fsp3) is 0.182. The first-order valence-corrected chi connectivity index (χ1v) is 4.86. The minimum atomic E-state index is 0.217. The number of methoxy groups -OCH3 is 1. The number of ether oxygens (including phenoxy) is 1. The lowest BCUT2D eigenvalue weighted by Gasteiger charge is -2.07. The van der Waals surface area contributed by atoms with E-state index in [9.17, 15) is 5.11 Å². The Labute approximate surface area is 93.1 Å². The van der Waals surface area contributed by atoms with Gasteiger partial charge in [-0.25, -0.2) is 4.68 Å². The Morgan fingerprint density at radius 2 is 2.06 bits per heavy atom. The maximum Gasteiger partial charge on any atom is 0.220 e. The van der Waals surface area contributed by atoms with Crippen LogP contribution in [0.25, 0.3) is 5.69 Å². The van der Waals surface area contributed by atoms with Gasteiger partial charge in [0.1, 0.15) is 5.75 Å². The van der Waals surface area contributed by atoms with Gasteiger partial charge in [-0.05, 0) is 24.3 Å². The first-order valence-electron chi connectivity index (χ1n) is 4.86. The van der Waals surface area contributed by atoms with Crippen LogP contribution in [-0.2, 0) is 6.54 Å². The Bertz CT molecular complexity index is 476. The van der Waals surface area contributed by atoms with E-state index in [2.05, 4.69) is 5.10 Å². The van der Waals surface area contributed by atoms with Crippen molar-refractivity contribution in [3.8, 4) is 17.3 Å². The molecule has 0 atom stereocenters. The summed E-state index contributed by atoms with van der Waals surface area (Å²) in [4.78, 5) is 0. The van der Waals surface area contributed by atoms with Crippen molar-refractivity contribution in [1.29, 1.82) is 0 Å². The number of benzene rings is 1. The molecule has 0 radical (unpaired) electrons. The highest BCUT2D eigenvalue weighted by atomic mass is 16.5. The van der Waals surface area contributed by atoms with Crippen molar-refractivity contribution in [2.24, 2.45) is 5.73 Å². The van der Waals surface area contributed by atoms with Crippen LogP contribution in [0.15, 0.2) is 30.5 Å². The van der Waals surface area contributed by atoms with Gasteiger partial charge in [-0.15, -0.1) is 0 Å². The van der Waals surface area contributed by atoms with Crippen LogP contribution in [0.2, 0.25) is 0 Å². The van der Waals surface area contributed by atoms with Gasteiger partial charge in [-0.2, -0.15) is 5.10 Å². The normalized spacial score (nSPS) is 10.4. The van der Waals surface area contributed by atoms with Crippen molar-refractivity contribution in [3.63, 3.8) is 0 Å². The number of phenolic OH excluding ortho intramolecular Hbond substituents is 1. The summed E-state index contributed by atoms with van der Waals surface area (Å²) in [5.74, 6) is 0.835. The Balaban J connectivity index is 2.47. The average molecular weight is 219 g/mol. The SMILES string of the molecule is COc1c(CN)cnn1-c1ccc(O)cc1. The lowest BCUT2D eigenvalue weighted by atomic mass is 10.3. The maximum atomic E-state index is 9.20. The standard InChI is InChI=1S/C11H13N3O2/c1-16-11-8(6-12)7-13-14(11)9-2-4-10(15)5-3-9/h2-5,7,15H,6,12H2,1H3. The number of hydrogen-bond acceptors (Lipinski definition) is 4. The van der Waals surface area contributed by atoms with E-state index < -0.39 is 0 Å². The van der Waals surface area contributed by atoms with Crippen molar-refractivity contribution in [2.75, 3.05) is 7.11 Å². The second-order valence-corrected chi connectivity index (χ2v) is 3.31. The van der Waals surface area contributed by atoms with Crippen LogP contribution in [0.3, 0.4) is 0 Å². The Hall–Kier alpha value is -2.01. The van der Waals surface area contributed by atoms with Crippen molar-refractivity contribution in [2.45, 2.75) is 6.54 Å². The van der Waals surface area contributed by atoms with Crippen LogP contribution < -0.4 is 10.5 Å². The number of phenols is 1. The zero-order valence-corrected chi connectivity index (χ0v) is 8.92. The predicted octanol–water partition coefficient (Wildman–Crippen LogP) is 1.05. The first kappa shape index (κ1) is 10.5. The van der Waals surface area contributed by atoms with Crippen LogP contribution in [0.5, 0.6) is 11.6 Å². The molecule has 5 nitrogen and oxygen atoms in total. The fourth-order valence-corrected chi connectivity index (χ4v) is 1.51. The topological polar surface area (TPSA) is 73.3 Å². The summed E-state index contributed by atoms with van der Waals surface area (Å²) in [7, 11) is 1.58. The molecule has 0 aliphatic rings. The summed E-state index contributed by atoms with van der Waals surface area (Å²) >= 11 is 0. The quantitative estimate of drug-likeness (QED) is 0.809. The molecular formula is C11H13N3O2. The van der Waals surface area contributed by atoms with E-state index in [0.29, 0.717) is 12.4 Å². The minimum Gasteiger partial charge on any atom is -0.508 e. The molecule has 1 aromatic carbocycles. The average Bonchev–Trinajstić information content (AvgIpc) is 2.72. The van der Waals surface area contributed by atoms with Crippen molar-refractivity contribution < 1.29 is 9.84 Å². The summed E-state index contributed by atoms with van der Waals surface area (Å²) in [5, 5.41) is 13.4. The van der Waals surface area contributed by atoms with E-state index in [1.807, 2.05) is 0 Å². The van der Waals surface area contributed by atoms with E-state index in [1.165, 1.54) is 0 Å². The van der Waals surface area contributed by atoms with E-state index >= 15 is 0 Å². The molecule has 16 heavy (non-hydrogen) atoms. The molecule has 1 aromatic heterocycles. The molecule has 0 unspecified atom stereocenters. The van der Waals surface area contributed by atoms with E-state index in [-0.39, 0.29) is 5.75 Å². The van der Waals surface area contributed by atoms with Gasteiger partial charge in [0.15, 0.2) is 0 Å². The van der Waals surface area contributed by atoms with Crippen molar-refractivity contribution >= 4 is 0 Å². The summed E-state index contributed by atoms with van der Waals surface area (Å²) in [6.45, 7) is 0.376. The molecule has 0 saturated heterocycles. The molecule has 0 amide bonds. The van der Waals surface area contributed by atoms with Crippen LogP contribution in [0.4, 0.5) is 0 Å². The molecule has 0 bridgehead atoms. The van der Waals surface area contributed by atoms with Gasteiger partial charge in [0, 0.05) is 12.1 Å². The maximum absolute atomic E-state index is 9.20. The molecule has 5 heteroatoms. The Morgan fingerprint density at radius 3 is 2.62 bits per heavy atom. The summed E-state index contributed by atoms with van der Waals surface area (Å²) in [6, 6.07) is 6.70. The summed E-state index contributed by atoms with van der Waals surface area (Å²) in [6.07, 6.45) is 1.67. The fourth-order valence-electron chi connectivity index (χ4n) is 1.51. The van der Waals surface area contributed by atoms with Gasteiger partial charge in [0.2, 0.25) is 5.88 Å². The monoisotopic (exact) mass is 219 g/mol. The van der Waals surface area contributed by atoms with Gasteiger partial charge in [-0.3, -0.25) is 0 Å². The van der Waals surface area contributed by atoms with Gasteiger partial charge < -0.3 is 15.6 Å². The number of nitrogens with two attached hydrogens (primary N) is 1. The molecular weight excluding hydrogens is 206 g/mol. The zero-order chi connectivity index (χ0) is 11.5. The first-order chi connectivity index (χ1) is 7.76. The predicted molar refractivity (Wildman–Crippen MR) is 59.7 cm³/mol. The highest BCUT2D eigenvalue weighted by Gasteiger charge is 2.11. The number of nitrogens with zero attached hydrogens (tertiary/aromatic N) is 2. The van der Waals surface area contributed by atoms with Gasteiger partial charge in [-0.1, -0.05) is 0 Å². The van der Waals surface area contributed by atoms with Gasteiger partial charge >= 0.3 is 0 Å². The van der Waals surface area contributed by atoms with Gasteiger partial charge in [0.25, 0.3) is 0 Å². The van der Waals surface area contributed by atoms with E-state index in [1.54, 1.807) is 42.3 Å². The molecule has 2 aromatic rings. The highest BCUT2D eigenvalue weighted by molar-refractivity contribution is 5.41. The number of aromatic nitrogens is 2. The largest absolute Gasteiger partial charge is 0.508 e. The zero-order valence-electron chi connectivity index (χ0n) is 8.92. The molecule has 0 aliphatic heterocycles. The third kappa shape index (κ3) is 1.72. The highest BCUT2D eigenvalue weighted by Crippen LogP contribution is 2.22. The second-order valence-electron chi connectivity index (χ2n) is 3.31. The minimum absolute atomic E-state index is 0.217. The van der Waals surface area contributed by atoms with Crippen molar-refractivity contribution in [3.05, 3.63) is 36.0 Å². The third-order valence-electron chi connectivity index (χ3n) is 2.30. The van der Waals surface area contributed by atoms with Crippen LogP contribution in [0.1, 0.15) is 5.56 Å². The van der Waals surface area contributed by atoms with Gasteiger partial charge in [0.05, 0.1) is 19.0 Å². The Morgan fingerprint density at radius 1 is 1.38 bits per heavy atom. The molecule has 1 heterocycles. The molecule has 2 rings (SSSR count). The molecule has 0 spiro atoms. The van der Waals surface area contributed by atoms with Crippen LogP contribution >= 0.6 is 0 Å².